The molecule has 0 aromatic carbocycles. The summed E-state index contributed by atoms with van der Waals surface area (Å²) in [6.07, 6.45) is 0.988. The van der Waals surface area contributed by atoms with Crippen LogP contribution in [0.15, 0.2) is 12.3 Å². The molecule has 0 bridgehead atoms. The highest BCUT2D eigenvalue weighted by molar-refractivity contribution is 5.66. The van der Waals surface area contributed by atoms with E-state index >= 15 is 0 Å². The molecule has 3 heterocycles. The number of carbonyl (C=O) groups is 1. The number of nitrogens with zero attached hydrogens (tertiary/aromatic N) is 5. The van der Waals surface area contributed by atoms with Gasteiger partial charge in [-0.25, -0.2) is 9.78 Å². The van der Waals surface area contributed by atoms with E-state index in [4.69, 9.17) is 4.98 Å². The molecule has 2 aromatic rings. The lowest BCUT2D eigenvalue weighted by Crippen LogP contribution is -2.27. The predicted octanol–water partition coefficient (Wildman–Crippen LogP) is 2.88. The van der Waals surface area contributed by atoms with Gasteiger partial charge in [0.05, 0.1) is 24.5 Å². The van der Waals surface area contributed by atoms with Crippen molar-refractivity contribution in [1.29, 1.82) is 0 Å². The van der Waals surface area contributed by atoms with Gasteiger partial charge in [-0.15, -0.1) is 0 Å². The minimum Gasteiger partial charge on any atom is -0.465 e. The number of imidazole rings is 1. The van der Waals surface area contributed by atoms with Gasteiger partial charge in [-0.3, -0.25) is 9.58 Å². The van der Waals surface area contributed by atoms with E-state index in [1.54, 1.807) is 4.68 Å². The second-order valence-electron chi connectivity index (χ2n) is 7.25. The van der Waals surface area contributed by atoms with E-state index in [0.29, 0.717) is 13.1 Å². The average molecular weight is 317 g/mol. The summed E-state index contributed by atoms with van der Waals surface area (Å²) in [5, 5.41) is 13.7. The van der Waals surface area contributed by atoms with Crippen molar-refractivity contribution in [2.24, 2.45) is 12.5 Å². The van der Waals surface area contributed by atoms with Crippen molar-refractivity contribution in [2.75, 3.05) is 0 Å². The fraction of sp³-hybridized carbons (Fsp3) is 0.562. The van der Waals surface area contributed by atoms with Crippen molar-refractivity contribution in [3.8, 4) is 11.5 Å². The van der Waals surface area contributed by atoms with Crippen LogP contribution in [0.4, 0.5) is 4.79 Å². The van der Waals surface area contributed by atoms with Crippen molar-refractivity contribution < 1.29 is 9.90 Å². The van der Waals surface area contributed by atoms with Gasteiger partial charge in [0.1, 0.15) is 5.69 Å². The molecule has 0 radical (unpaired) electrons. The van der Waals surface area contributed by atoms with Gasteiger partial charge in [0.15, 0.2) is 5.82 Å². The minimum atomic E-state index is -0.905. The quantitative estimate of drug-likeness (QED) is 0.924. The van der Waals surface area contributed by atoms with Crippen LogP contribution >= 0.6 is 0 Å². The molecule has 0 fully saturated rings. The van der Waals surface area contributed by atoms with E-state index in [9.17, 15) is 9.90 Å². The SMILES string of the molecule is CC(n1c(-c2ccn(C)n2)nc2c1CN(C(=O)O)C2)C(C)(C)C. The fourth-order valence-corrected chi connectivity index (χ4v) is 2.88. The smallest absolute Gasteiger partial charge is 0.408 e. The van der Waals surface area contributed by atoms with Crippen molar-refractivity contribution in [3.05, 3.63) is 23.7 Å². The Hall–Kier alpha value is -2.31. The van der Waals surface area contributed by atoms with Crippen LogP contribution in [0.25, 0.3) is 11.5 Å². The molecule has 1 N–H and O–H groups in total. The minimum absolute atomic E-state index is 0.0225. The monoisotopic (exact) mass is 317 g/mol. The largest absolute Gasteiger partial charge is 0.465 e. The Morgan fingerprint density at radius 2 is 2.04 bits per heavy atom. The molecule has 0 saturated heterocycles. The molecular formula is C16H23N5O2. The molecule has 23 heavy (non-hydrogen) atoms. The number of aromatic nitrogens is 4. The highest BCUT2D eigenvalue weighted by Gasteiger charge is 2.35. The standard InChI is InChI=1S/C16H23N5O2/c1-10(16(2,3)4)21-13-9-20(15(22)23)8-12(13)17-14(21)11-6-7-19(5)18-11/h6-7,10H,8-9H2,1-5H3,(H,22,23). The third-order valence-electron chi connectivity index (χ3n) is 4.63. The molecule has 1 aliphatic rings. The molecule has 1 unspecified atom stereocenters. The molecule has 1 aliphatic heterocycles. The van der Waals surface area contributed by atoms with E-state index in [0.717, 1.165) is 22.9 Å². The summed E-state index contributed by atoms with van der Waals surface area (Å²) in [4.78, 5) is 17.4. The van der Waals surface area contributed by atoms with Crippen molar-refractivity contribution in [1.82, 2.24) is 24.2 Å². The molecule has 124 valence electrons. The topological polar surface area (TPSA) is 76.2 Å². The van der Waals surface area contributed by atoms with Gasteiger partial charge < -0.3 is 9.67 Å². The number of hydrogen-bond donors (Lipinski definition) is 1. The summed E-state index contributed by atoms with van der Waals surface area (Å²) in [6.45, 7) is 9.40. The first-order valence-corrected chi connectivity index (χ1v) is 7.76. The second-order valence-corrected chi connectivity index (χ2v) is 7.25. The number of rotatable bonds is 2. The summed E-state index contributed by atoms with van der Waals surface area (Å²) in [5.41, 5.74) is 2.66. The van der Waals surface area contributed by atoms with E-state index in [-0.39, 0.29) is 11.5 Å². The predicted molar refractivity (Wildman–Crippen MR) is 85.9 cm³/mol. The van der Waals surface area contributed by atoms with Crippen LogP contribution < -0.4 is 0 Å². The Morgan fingerprint density at radius 1 is 1.35 bits per heavy atom. The first-order valence-electron chi connectivity index (χ1n) is 7.76. The van der Waals surface area contributed by atoms with Crippen LogP contribution in [-0.2, 0) is 20.1 Å². The van der Waals surface area contributed by atoms with Crippen LogP contribution in [0.2, 0.25) is 0 Å². The van der Waals surface area contributed by atoms with Gasteiger partial charge in [0.25, 0.3) is 0 Å². The van der Waals surface area contributed by atoms with Crippen LogP contribution in [-0.4, -0.2) is 35.4 Å². The van der Waals surface area contributed by atoms with Gasteiger partial charge >= 0.3 is 6.09 Å². The lowest BCUT2D eigenvalue weighted by Gasteiger charge is -2.31. The van der Waals surface area contributed by atoms with Crippen molar-refractivity contribution >= 4 is 6.09 Å². The van der Waals surface area contributed by atoms with Gasteiger partial charge in [-0.05, 0) is 18.4 Å². The summed E-state index contributed by atoms with van der Waals surface area (Å²) in [6, 6.07) is 2.11. The molecular weight excluding hydrogens is 294 g/mol. The van der Waals surface area contributed by atoms with Crippen LogP contribution in [0.5, 0.6) is 0 Å². The maximum absolute atomic E-state index is 11.3. The van der Waals surface area contributed by atoms with E-state index in [2.05, 4.69) is 37.4 Å². The molecule has 1 amide bonds. The maximum Gasteiger partial charge on any atom is 0.408 e. The molecule has 7 nitrogen and oxygen atoms in total. The number of amides is 1. The van der Waals surface area contributed by atoms with E-state index in [1.807, 2.05) is 19.3 Å². The van der Waals surface area contributed by atoms with Gasteiger partial charge in [0, 0.05) is 19.3 Å². The Morgan fingerprint density at radius 3 is 2.57 bits per heavy atom. The molecule has 7 heteroatoms. The Kier molecular flexibility index (Phi) is 3.46. The number of fused-ring (bicyclic) bond motifs is 1. The second kappa shape index (κ2) is 5.11. The lowest BCUT2D eigenvalue weighted by atomic mass is 9.87. The van der Waals surface area contributed by atoms with Crippen molar-refractivity contribution in [3.63, 3.8) is 0 Å². The third kappa shape index (κ3) is 2.60. The van der Waals surface area contributed by atoms with E-state index in [1.165, 1.54) is 4.90 Å². The van der Waals surface area contributed by atoms with E-state index < -0.39 is 6.09 Å². The lowest BCUT2D eigenvalue weighted by molar-refractivity contribution is 0.143. The molecule has 3 rings (SSSR count). The molecule has 1 atom stereocenters. The Bertz CT molecular complexity index is 753. The third-order valence-corrected chi connectivity index (χ3v) is 4.63. The van der Waals surface area contributed by atoms with Crippen LogP contribution in [0, 0.1) is 5.41 Å². The zero-order valence-corrected chi connectivity index (χ0v) is 14.2. The zero-order valence-electron chi connectivity index (χ0n) is 14.2. The summed E-state index contributed by atoms with van der Waals surface area (Å²) in [5.74, 6) is 0.822. The summed E-state index contributed by atoms with van der Waals surface area (Å²) >= 11 is 0. The molecule has 2 aromatic heterocycles. The van der Waals surface area contributed by atoms with Crippen LogP contribution in [0.3, 0.4) is 0 Å². The van der Waals surface area contributed by atoms with Crippen molar-refractivity contribution in [2.45, 2.75) is 46.8 Å². The average Bonchev–Trinajstić information content (AvgIpc) is 3.09. The normalized spacial score (nSPS) is 15.8. The number of carboxylic acid groups (broad SMARTS) is 1. The van der Waals surface area contributed by atoms with Gasteiger partial charge in [0.2, 0.25) is 0 Å². The zero-order chi connectivity index (χ0) is 16.9. The number of hydrogen-bond acceptors (Lipinski definition) is 3. The Labute approximate surface area is 135 Å². The first kappa shape index (κ1) is 15.6. The molecule has 0 saturated carbocycles. The maximum atomic E-state index is 11.3. The first-order chi connectivity index (χ1) is 10.7. The molecule has 0 spiro atoms. The fourth-order valence-electron chi connectivity index (χ4n) is 2.88. The summed E-state index contributed by atoms with van der Waals surface area (Å²) < 4.78 is 3.92. The molecule has 0 aliphatic carbocycles. The number of aryl methyl sites for hydroxylation is 1. The highest BCUT2D eigenvalue weighted by Crippen LogP contribution is 2.38. The van der Waals surface area contributed by atoms with Gasteiger partial charge in [-0.1, -0.05) is 20.8 Å². The van der Waals surface area contributed by atoms with Gasteiger partial charge in [-0.2, -0.15) is 5.10 Å². The highest BCUT2D eigenvalue weighted by atomic mass is 16.4. The van der Waals surface area contributed by atoms with Crippen LogP contribution in [0.1, 0.15) is 45.1 Å². The summed E-state index contributed by atoms with van der Waals surface area (Å²) in [7, 11) is 1.88. The Balaban J connectivity index is 2.12.